The number of carboxylic acid groups (broad SMARTS) is 1. The molecule has 0 fully saturated rings. The summed E-state index contributed by atoms with van der Waals surface area (Å²) in [5.74, 6) is -0.602. The summed E-state index contributed by atoms with van der Waals surface area (Å²) in [5.41, 5.74) is 3.80. The smallest absolute Gasteiger partial charge is 0.411 e. The van der Waals surface area contributed by atoms with Crippen LogP contribution in [0.4, 0.5) is 10.5 Å². The molecule has 1 aromatic heterocycles. The van der Waals surface area contributed by atoms with E-state index in [1.165, 1.54) is 0 Å². The summed E-state index contributed by atoms with van der Waals surface area (Å²) in [6.07, 6.45) is -0.167. The van der Waals surface area contributed by atoms with Crippen LogP contribution in [0, 0.1) is 6.92 Å². The Morgan fingerprint density at radius 2 is 1.76 bits per heavy atom. The lowest BCUT2D eigenvalue weighted by Crippen LogP contribution is -2.16. The molecule has 172 valence electrons. The van der Waals surface area contributed by atoms with Crippen molar-refractivity contribution in [3.05, 3.63) is 94.7 Å². The van der Waals surface area contributed by atoms with E-state index in [0.717, 1.165) is 5.56 Å². The summed E-state index contributed by atoms with van der Waals surface area (Å²) in [6.45, 7) is 1.83. The highest BCUT2D eigenvalue weighted by Gasteiger charge is 2.19. The molecule has 34 heavy (non-hydrogen) atoms. The first-order valence-corrected chi connectivity index (χ1v) is 10.9. The quantitative estimate of drug-likeness (QED) is 0.317. The Kier molecular flexibility index (Phi) is 6.94. The Hall–Kier alpha value is -4.10. The lowest BCUT2D eigenvalue weighted by molar-refractivity contribution is 0.0697. The van der Waals surface area contributed by atoms with Gasteiger partial charge < -0.3 is 14.4 Å². The summed E-state index contributed by atoms with van der Waals surface area (Å²) < 4.78 is 10.6. The number of carboxylic acids is 1. The van der Waals surface area contributed by atoms with Gasteiger partial charge in [-0.1, -0.05) is 71.4 Å². The van der Waals surface area contributed by atoms with Gasteiger partial charge in [-0.05, 0) is 41.8 Å². The van der Waals surface area contributed by atoms with Gasteiger partial charge in [0.15, 0.2) is 5.76 Å². The molecule has 0 spiro atoms. The number of aromatic carboxylic acids is 1. The third kappa shape index (κ3) is 5.10. The minimum atomic E-state index is -1.01. The number of anilines is 1. The number of hydrogen-bond donors (Lipinski definition) is 2. The van der Waals surface area contributed by atoms with Gasteiger partial charge in [0, 0.05) is 17.0 Å². The summed E-state index contributed by atoms with van der Waals surface area (Å²) in [6, 6.07) is 21.3. The maximum atomic E-state index is 12.4. The molecule has 1 heterocycles. The number of halogens is 1. The summed E-state index contributed by atoms with van der Waals surface area (Å²) >= 11 is 6.14. The molecular formula is C26H21ClN2O5. The normalized spacial score (nSPS) is 10.6. The molecule has 0 bridgehead atoms. The van der Waals surface area contributed by atoms with E-state index >= 15 is 0 Å². The highest BCUT2D eigenvalue weighted by Crippen LogP contribution is 2.33. The second-order valence-electron chi connectivity index (χ2n) is 7.50. The lowest BCUT2D eigenvalue weighted by Gasteiger charge is -2.10. The molecule has 0 aliphatic rings. The maximum absolute atomic E-state index is 12.4. The molecule has 1 amide bonds. The van der Waals surface area contributed by atoms with Crippen molar-refractivity contribution in [3.8, 4) is 22.4 Å². The van der Waals surface area contributed by atoms with Crippen molar-refractivity contribution in [1.29, 1.82) is 0 Å². The molecule has 2 N–H and O–H groups in total. The number of amides is 1. The van der Waals surface area contributed by atoms with Gasteiger partial charge >= 0.3 is 12.1 Å². The largest absolute Gasteiger partial charge is 0.478 e. The zero-order valence-electron chi connectivity index (χ0n) is 18.2. The van der Waals surface area contributed by atoms with E-state index in [2.05, 4.69) is 10.5 Å². The standard InChI is InChI=1S/C26H21ClN2O5/c1-16-23(28-26(32)33-14-13-17-7-2-5-12-22(17)27)24(29-34-16)19-9-6-8-18(15-19)20-10-3-4-11-21(20)25(30)31/h2-12,15H,13-14H2,1H3,(H,28,32)(H,30,31). The average Bonchev–Trinajstić information content (AvgIpc) is 3.20. The molecule has 4 aromatic rings. The number of hydrogen-bond acceptors (Lipinski definition) is 5. The van der Waals surface area contributed by atoms with Gasteiger partial charge in [0.05, 0.1) is 12.2 Å². The van der Waals surface area contributed by atoms with Crippen LogP contribution in [0.1, 0.15) is 21.7 Å². The Labute approximate surface area is 200 Å². The van der Waals surface area contributed by atoms with E-state index in [9.17, 15) is 14.7 Å². The van der Waals surface area contributed by atoms with Gasteiger partial charge in [0.25, 0.3) is 0 Å². The molecule has 8 heteroatoms. The molecule has 3 aromatic carbocycles. The first-order valence-electron chi connectivity index (χ1n) is 10.5. The molecule has 0 unspecified atom stereocenters. The Bertz CT molecular complexity index is 1350. The zero-order chi connectivity index (χ0) is 24.1. The highest BCUT2D eigenvalue weighted by molar-refractivity contribution is 6.31. The molecule has 0 saturated heterocycles. The third-order valence-corrected chi connectivity index (χ3v) is 5.63. The number of aryl methyl sites for hydroxylation is 1. The Morgan fingerprint density at radius 3 is 2.56 bits per heavy atom. The molecule has 0 aliphatic heterocycles. The fourth-order valence-electron chi connectivity index (χ4n) is 3.56. The van der Waals surface area contributed by atoms with E-state index < -0.39 is 12.1 Å². The van der Waals surface area contributed by atoms with Crippen LogP contribution >= 0.6 is 11.6 Å². The molecule has 0 radical (unpaired) electrons. The van der Waals surface area contributed by atoms with Crippen LogP contribution in [0.5, 0.6) is 0 Å². The summed E-state index contributed by atoms with van der Waals surface area (Å²) in [7, 11) is 0. The Morgan fingerprint density at radius 1 is 1.03 bits per heavy atom. The van der Waals surface area contributed by atoms with Gasteiger partial charge in [-0.3, -0.25) is 5.32 Å². The Balaban J connectivity index is 1.52. The molecule has 0 saturated carbocycles. The van der Waals surface area contributed by atoms with Gasteiger partial charge in [0.1, 0.15) is 11.4 Å². The molecule has 4 rings (SSSR count). The first-order chi connectivity index (χ1) is 16.4. The molecule has 0 atom stereocenters. The minimum Gasteiger partial charge on any atom is -0.478 e. The SMILES string of the molecule is Cc1onc(-c2cccc(-c3ccccc3C(=O)O)c2)c1NC(=O)OCCc1ccccc1Cl. The first kappa shape index (κ1) is 23.1. The second-order valence-corrected chi connectivity index (χ2v) is 7.90. The number of carbonyl (C=O) groups is 2. The summed E-state index contributed by atoms with van der Waals surface area (Å²) in [4.78, 5) is 24.1. The fourth-order valence-corrected chi connectivity index (χ4v) is 3.79. The van der Waals surface area contributed by atoms with Crippen LogP contribution in [-0.4, -0.2) is 28.9 Å². The van der Waals surface area contributed by atoms with Crippen molar-refractivity contribution in [3.63, 3.8) is 0 Å². The van der Waals surface area contributed by atoms with Crippen LogP contribution in [0.2, 0.25) is 5.02 Å². The fraction of sp³-hybridized carbons (Fsp3) is 0.115. The third-order valence-electron chi connectivity index (χ3n) is 5.26. The van der Waals surface area contributed by atoms with E-state index in [-0.39, 0.29) is 12.2 Å². The van der Waals surface area contributed by atoms with E-state index in [4.69, 9.17) is 20.9 Å². The van der Waals surface area contributed by atoms with Crippen LogP contribution in [-0.2, 0) is 11.2 Å². The number of nitrogens with one attached hydrogen (secondary N) is 1. The van der Waals surface area contributed by atoms with Gasteiger partial charge in [-0.15, -0.1) is 0 Å². The van der Waals surface area contributed by atoms with Crippen LogP contribution in [0.15, 0.2) is 77.3 Å². The van der Waals surface area contributed by atoms with Crippen LogP contribution in [0.3, 0.4) is 0 Å². The highest BCUT2D eigenvalue weighted by atomic mass is 35.5. The van der Waals surface area contributed by atoms with Crippen molar-refractivity contribution >= 4 is 29.4 Å². The van der Waals surface area contributed by atoms with E-state index in [1.54, 1.807) is 55.5 Å². The number of nitrogens with zero attached hydrogens (tertiary/aromatic N) is 1. The number of carbonyl (C=O) groups excluding carboxylic acids is 1. The average molecular weight is 477 g/mol. The van der Waals surface area contributed by atoms with Crippen molar-refractivity contribution < 1.29 is 24.0 Å². The molecule has 0 aliphatic carbocycles. The number of ether oxygens (including phenoxy) is 1. The van der Waals surface area contributed by atoms with Crippen LogP contribution in [0.25, 0.3) is 22.4 Å². The van der Waals surface area contributed by atoms with Crippen LogP contribution < -0.4 is 5.32 Å². The van der Waals surface area contributed by atoms with Gasteiger partial charge in [0.2, 0.25) is 0 Å². The maximum Gasteiger partial charge on any atom is 0.411 e. The lowest BCUT2D eigenvalue weighted by atomic mass is 9.97. The number of benzene rings is 3. The van der Waals surface area contributed by atoms with E-state index in [1.807, 2.05) is 24.3 Å². The summed E-state index contributed by atoms with van der Waals surface area (Å²) in [5, 5.41) is 16.9. The number of aromatic nitrogens is 1. The van der Waals surface area contributed by atoms with Gasteiger partial charge in [-0.2, -0.15) is 0 Å². The van der Waals surface area contributed by atoms with Gasteiger partial charge in [-0.25, -0.2) is 9.59 Å². The van der Waals surface area contributed by atoms with Crippen molar-refractivity contribution in [2.75, 3.05) is 11.9 Å². The van der Waals surface area contributed by atoms with Crippen molar-refractivity contribution in [2.45, 2.75) is 13.3 Å². The van der Waals surface area contributed by atoms with Crippen molar-refractivity contribution in [2.24, 2.45) is 0 Å². The minimum absolute atomic E-state index is 0.149. The monoisotopic (exact) mass is 476 g/mol. The zero-order valence-corrected chi connectivity index (χ0v) is 19.0. The predicted molar refractivity (Wildman–Crippen MR) is 129 cm³/mol. The predicted octanol–water partition coefficient (Wildman–Crippen LogP) is 6.46. The topological polar surface area (TPSA) is 102 Å². The molecule has 7 nitrogen and oxygen atoms in total. The molecular weight excluding hydrogens is 456 g/mol. The second kappa shape index (κ2) is 10.2. The van der Waals surface area contributed by atoms with E-state index in [0.29, 0.717) is 45.3 Å². The van der Waals surface area contributed by atoms with Crippen molar-refractivity contribution in [1.82, 2.24) is 5.16 Å². The number of rotatable bonds is 7.